The summed E-state index contributed by atoms with van der Waals surface area (Å²) in [5, 5.41) is 2.57. The molecular weight excluding hydrogens is 330 g/mol. The van der Waals surface area contributed by atoms with E-state index in [4.69, 9.17) is 4.98 Å². The van der Waals surface area contributed by atoms with Crippen LogP contribution < -0.4 is 4.57 Å². The Hall–Kier alpha value is -2.94. The number of pyridine rings is 2. The molecule has 0 radical (unpaired) electrons. The second-order valence-corrected chi connectivity index (χ2v) is 7.36. The molecule has 0 atom stereocenters. The van der Waals surface area contributed by atoms with Crippen LogP contribution in [0.5, 0.6) is 0 Å². The zero-order chi connectivity index (χ0) is 18.7. The van der Waals surface area contributed by atoms with Gasteiger partial charge in [-0.3, -0.25) is 4.98 Å². The Kier molecular flexibility index (Phi) is 3.48. The first kappa shape index (κ1) is 16.2. The molecule has 5 rings (SSSR count). The van der Waals surface area contributed by atoms with Crippen molar-refractivity contribution in [2.45, 2.75) is 33.6 Å². The van der Waals surface area contributed by atoms with Crippen LogP contribution in [0, 0.1) is 6.92 Å². The molecule has 0 amide bonds. The summed E-state index contributed by atoms with van der Waals surface area (Å²) < 4.78 is 4.74. The molecule has 0 bridgehead atoms. The highest BCUT2D eigenvalue weighted by molar-refractivity contribution is 6.13. The molecule has 0 aliphatic heterocycles. The van der Waals surface area contributed by atoms with E-state index in [9.17, 15) is 0 Å². The van der Waals surface area contributed by atoms with Gasteiger partial charge >= 0.3 is 0 Å². The first-order chi connectivity index (χ1) is 13.2. The monoisotopic (exact) mass is 354 g/mol. The lowest BCUT2D eigenvalue weighted by Gasteiger charge is -2.13. The molecule has 0 saturated heterocycles. The highest BCUT2D eigenvalue weighted by Crippen LogP contribution is 2.35. The van der Waals surface area contributed by atoms with Gasteiger partial charge in [-0.1, -0.05) is 32.0 Å². The van der Waals surface area contributed by atoms with Crippen LogP contribution in [-0.4, -0.2) is 9.38 Å². The van der Waals surface area contributed by atoms with Crippen LogP contribution in [0.15, 0.2) is 48.7 Å². The molecule has 0 fully saturated rings. The molecular formula is C24H24N3+. The molecule has 0 saturated carbocycles. The van der Waals surface area contributed by atoms with Crippen LogP contribution in [0.2, 0.25) is 0 Å². The zero-order valence-electron chi connectivity index (χ0n) is 16.4. The van der Waals surface area contributed by atoms with E-state index in [2.05, 4.69) is 79.3 Å². The van der Waals surface area contributed by atoms with Gasteiger partial charge in [0.1, 0.15) is 5.52 Å². The predicted octanol–water partition coefficient (Wildman–Crippen LogP) is 5.05. The van der Waals surface area contributed by atoms with Gasteiger partial charge < -0.3 is 0 Å². The minimum atomic E-state index is 1.02. The van der Waals surface area contributed by atoms with Crippen LogP contribution in [0.3, 0.4) is 0 Å². The second kappa shape index (κ2) is 5.78. The lowest BCUT2D eigenvalue weighted by molar-refractivity contribution is -0.617. The predicted molar refractivity (Wildman–Crippen MR) is 112 cm³/mol. The van der Waals surface area contributed by atoms with E-state index in [1.165, 1.54) is 49.7 Å². The first-order valence-corrected chi connectivity index (χ1v) is 9.78. The number of aryl methyl sites for hydroxylation is 4. The van der Waals surface area contributed by atoms with Gasteiger partial charge in [0.2, 0.25) is 0 Å². The Morgan fingerprint density at radius 3 is 2.52 bits per heavy atom. The Balaban J connectivity index is 2.24. The Morgan fingerprint density at radius 2 is 1.74 bits per heavy atom. The first-order valence-electron chi connectivity index (χ1n) is 9.78. The minimum absolute atomic E-state index is 1.02. The van der Waals surface area contributed by atoms with Gasteiger partial charge in [-0.2, -0.15) is 4.40 Å². The standard InChI is InChI=1S/C24H24N3/c1-5-16-11-12-20-22(17(16)6-2)23-21(15(3)13-14-25-23)24-26(4)18-9-7-8-10-19(18)27(20)24/h7-14H,5-6H2,1-4H3/q+1. The van der Waals surface area contributed by atoms with Crippen molar-refractivity contribution < 1.29 is 4.57 Å². The number of rotatable bonds is 2. The summed E-state index contributed by atoms with van der Waals surface area (Å²) in [6, 6.07) is 15.4. The maximum absolute atomic E-state index is 4.89. The summed E-state index contributed by atoms with van der Waals surface area (Å²) in [5.74, 6) is 0. The average molecular weight is 354 g/mol. The second-order valence-electron chi connectivity index (χ2n) is 7.36. The van der Waals surface area contributed by atoms with Crippen molar-refractivity contribution in [3.63, 3.8) is 0 Å². The van der Waals surface area contributed by atoms with Crippen molar-refractivity contribution in [3.8, 4) is 0 Å². The Bertz CT molecular complexity index is 1360. The van der Waals surface area contributed by atoms with Crippen LogP contribution in [0.1, 0.15) is 30.5 Å². The smallest absolute Gasteiger partial charge is 0.255 e. The van der Waals surface area contributed by atoms with Crippen molar-refractivity contribution in [3.05, 3.63) is 65.4 Å². The van der Waals surface area contributed by atoms with E-state index in [1.807, 2.05) is 6.20 Å². The molecule has 134 valence electrons. The van der Waals surface area contributed by atoms with E-state index in [-0.39, 0.29) is 0 Å². The number of hydrogen-bond acceptors (Lipinski definition) is 1. The third-order valence-corrected chi connectivity index (χ3v) is 6.00. The van der Waals surface area contributed by atoms with Gasteiger partial charge in [-0.05, 0) is 60.7 Å². The zero-order valence-corrected chi connectivity index (χ0v) is 16.4. The number of imidazole rings is 1. The quantitative estimate of drug-likeness (QED) is 0.321. The summed E-state index contributed by atoms with van der Waals surface area (Å²) in [7, 11) is 2.16. The lowest BCUT2D eigenvalue weighted by Crippen LogP contribution is -2.27. The van der Waals surface area contributed by atoms with Gasteiger partial charge in [0.25, 0.3) is 5.65 Å². The number of benzene rings is 2. The molecule has 0 N–H and O–H groups in total. The van der Waals surface area contributed by atoms with Crippen molar-refractivity contribution in [1.29, 1.82) is 0 Å². The number of hydrogen-bond donors (Lipinski definition) is 0. The molecule has 2 aromatic carbocycles. The largest absolute Gasteiger partial charge is 0.297 e. The van der Waals surface area contributed by atoms with Crippen LogP contribution in [0.4, 0.5) is 0 Å². The normalized spacial score (nSPS) is 12.0. The number of para-hydroxylation sites is 2. The van der Waals surface area contributed by atoms with Crippen molar-refractivity contribution in [2.24, 2.45) is 7.05 Å². The fraction of sp³-hybridized carbons (Fsp3) is 0.250. The van der Waals surface area contributed by atoms with Crippen molar-refractivity contribution in [1.82, 2.24) is 9.38 Å². The summed E-state index contributed by atoms with van der Waals surface area (Å²) in [4.78, 5) is 4.89. The highest BCUT2D eigenvalue weighted by atomic mass is 15.1. The maximum Gasteiger partial charge on any atom is 0.297 e. The Morgan fingerprint density at radius 1 is 0.926 bits per heavy atom. The fourth-order valence-corrected chi connectivity index (χ4v) is 4.73. The third-order valence-electron chi connectivity index (χ3n) is 6.00. The van der Waals surface area contributed by atoms with Crippen molar-refractivity contribution >= 4 is 38.5 Å². The van der Waals surface area contributed by atoms with Gasteiger partial charge in [-0.15, -0.1) is 0 Å². The molecule has 0 unspecified atom stereocenters. The molecule has 27 heavy (non-hydrogen) atoms. The molecule has 0 aliphatic carbocycles. The third kappa shape index (κ3) is 2.03. The van der Waals surface area contributed by atoms with E-state index in [1.54, 1.807) is 0 Å². The van der Waals surface area contributed by atoms with Gasteiger partial charge in [0.05, 0.1) is 23.3 Å². The van der Waals surface area contributed by atoms with Gasteiger partial charge in [0, 0.05) is 6.20 Å². The fourth-order valence-electron chi connectivity index (χ4n) is 4.73. The van der Waals surface area contributed by atoms with Crippen LogP contribution >= 0.6 is 0 Å². The lowest BCUT2D eigenvalue weighted by atomic mass is 9.95. The van der Waals surface area contributed by atoms with E-state index in [0.29, 0.717) is 0 Å². The summed E-state index contributed by atoms with van der Waals surface area (Å²) in [6.45, 7) is 6.70. The molecule has 0 spiro atoms. The number of fused-ring (bicyclic) bond motifs is 8. The molecule has 3 heteroatoms. The van der Waals surface area contributed by atoms with E-state index in [0.717, 1.165) is 18.4 Å². The summed E-state index contributed by atoms with van der Waals surface area (Å²) in [6.07, 6.45) is 4.01. The van der Waals surface area contributed by atoms with Crippen LogP contribution in [0.25, 0.3) is 38.5 Å². The van der Waals surface area contributed by atoms with Gasteiger partial charge in [-0.25, -0.2) is 4.57 Å². The molecule has 5 aromatic rings. The topological polar surface area (TPSA) is 21.2 Å². The van der Waals surface area contributed by atoms with Crippen molar-refractivity contribution in [2.75, 3.05) is 0 Å². The summed E-state index contributed by atoms with van der Waals surface area (Å²) >= 11 is 0. The molecule has 3 nitrogen and oxygen atoms in total. The highest BCUT2D eigenvalue weighted by Gasteiger charge is 2.26. The van der Waals surface area contributed by atoms with E-state index >= 15 is 0 Å². The molecule has 3 heterocycles. The Labute approximate surface area is 158 Å². The summed E-state index contributed by atoms with van der Waals surface area (Å²) in [5.41, 5.74) is 10.2. The van der Waals surface area contributed by atoms with Crippen LogP contribution in [-0.2, 0) is 19.9 Å². The molecule has 0 aliphatic rings. The maximum atomic E-state index is 4.89. The SMILES string of the molecule is CCc1ccc2c(c1CC)c1nccc(C)c1c1n2c2ccccc2[n+]1C. The van der Waals surface area contributed by atoms with Gasteiger partial charge in [0.15, 0.2) is 11.0 Å². The molecule has 3 aromatic heterocycles. The number of aromatic nitrogens is 3. The van der Waals surface area contributed by atoms with E-state index < -0.39 is 0 Å². The average Bonchev–Trinajstić information content (AvgIpc) is 3.00. The number of nitrogens with zero attached hydrogens (tertiary/aromatic N) is 3. The minimum Gasteiger partial charge on any atom is -0.255 e.